The van der Waals surface area contributed by atoms with Gasteiger partial charge in [-0.15, -0.1) is 0 Å². The van der Waals surface area contributed by atoms with Gasteiger partial charge < -0.3 is 4.79 Å². The molecule has 0 fully saturated rings. The summed E-state index contributed by atoms with van der Waals surface area (Å²) in [5.41, 5.74) is 0. The minimum absolute atomic E-state index is 0.342. The number of rotatable bonds is 14. The van der Waals surface area contributed by atoms with Gasteiger partial charge in [0.25, 0.3) is 0 Å². The molecule has 0 heterocycles. The maximum atomic E-state index is 10.9. The molecule has 0 aromatic rings. The molecule has 0 radical (unpaired) electrons. The molecule has 1 unspecified atom stereocenters. The average molecular weight is 254 g/mol. The lowest BCUT2D eigenvalue weighted by Crippen LogP contribution is -2.01. The summed E-state index contributed by atoms with van der Waals surface area (Å²) in [5, 5.41) is 0. The van der Waals surface area contributed by atoms with Crippen LogP contribution in [0.3, 0.4) is 0 Å². The van der Waals surface area contributed by atoms with Crippen molar-refractivity contribution in [3.63, 3.8) is 0 Å². The number of hydrogen-bond donors (Lipinski definition) is 0. The summed E-state index contributed by atoms with van der Waals surface area (Å²) in [6.45, 7) is 4.46. The van der Waals surface area contributed by atoms with Crippen LogP contribution in [0.5, 0.6) is 0 Å². The molecule has 0 aliphatic carbocycles. The summed E-state index contributed by atoms with van der Waals surface area (Å²) < 4.78 is 0. The predicted octanol–water partition coefficient (Wildman–Crippen LogP) is 5.91. The van der Waals surface area contributed by atoms with Crippen LogP contribution in [-0.2, 0) is 4.79 Å². The van der Waals surface area contributed by atoms with Crippen LogP contribution >= 0.6 is 0 Å². The first-order valence-corrected chi connectivity index (χ1v) is 8.30. The van der Waals surface area contributed by atoms with Gasteiger partial charge in [0.15, 0.2) is 0 Å². The molecule has 0 saturated heterocycles. The first-order chi connectivity index (χ1) is 8.85. The molecule has 0 aromatic carbocycles. The zero-order valence-electron chi connectivity index (χ0n) is 12.8. The highest BCUT2D eigenvalue weighted by Gasteiger charge is 2.05. The van der Waals surface area contributed by atoms with E-state index in [1.54, 1.807) is 0 Å². The molecule has 0 aliphatic heterocycles. The minimum Gasteiger partial charge on any atom is -0.303 e. The van der Waals surface area contributed by atoms with Crippen LogP contribution < -0.4 is 0 Å². The zero-order chi connectivity index (χ0) is 13.5. The first-order valence-electron chi connectivity index (χ1n) is 8.30. The molecule has 0 rings (SSSR count). The smallest absolute Gasteiger partial charge is 0.123 e. The Morgan fingerprint density at radius 3 is 1.61 bits per heavy atom. The van der Waals surface area contributed by atoms with E-state index in [9.17, 15) is 4.79 Å². The van der Waals surface area contributed by atoms with Gasteiger partial charge in [-0.2, -0.15) is 0 Å². The fourth-order valence-electron chi connectivity index (χ4n) is 2.46. The lowest BCUT2D eigenvalue weighted by Gasteiger charge is -2.08. The van der Waals surface area contributed by atoms with Gasteiger partial charge in [-0.25, -0.2) is 0 Å². The van der Waals surface area contributed by atoms with Crippen LogP contribution in [-0.4, -0.2) is 6.29 Å². The number of aldehydes is 1. The molecule has 0 aromatic heterocycles. The molecule has 18 heavy (non-hydrogen) atoms. The normalized spacial score (nSPS) is 12.6. The van der Waals surface area contributed by atoms with Gasteiger partial charge in [0.05, 0.1) is 0 Å². The van der Waals surface area contributed by atoms with Gasteiger partial charge in [-0.1, -0.05) is 84.5 Å². The van der Waals surface area contributed by atoms with E-state index in [0.717, 1.165) is 12.8 Å². The molecule has 1 nitrogen and oxygen atoms in total. The molecule has 0 N–H and O–H groups in total. The average Bonchev–Trinajstić information content (AvgIpc) is 2.40. The minimum atomic E-state index is 0.342. The first kappa shape index (κ1) is 17.7. The monoisotopic (exact) mass is 254 g/mol. The summed E-state index contributed by atoms with van der Waals surface area (Å²) in [6.07, 6.45) is 18.2. The van der Waals surface area contributed by atoms with Crippen LogP contribution in [0.1, 0.15) is 97.3 Å². The van der Waals surface area contributed by atoms with E-state index in [2.05, 4.69) is 13.8 Å². The van der Waals surface area contributed by atoms with Crippen molar-refractivity contribution < 1.29 is 4.79 Å². The van der Waals surface area contributed by atoms with E-state index in [1.807, 2.05) is 0 Å². The lowest BCUT2D eigenvalue weighted by atomic mass is 9.96. The summed E-state index contributed by atoms with van der Waals surface area (Å²) in [4.78, 5) is 10.9. The molecule has 108 valence electrons. The Bertz CT molecular complexity index is 165. The third-order valence-electron chi connectivity index (χ3n) is 3.80. The van der Waals surface area contributed by atoms with Crippen molar-refractivity contribution in [2.24, 2.45) is 5.92 Å². The van der Waals surface area contributed by atoms with Crippen molar-refractivity contribution in [3.05, 3.63) is 0 Å². The zero-order valence-corrected chi connectivity index (χ0v) is 12.8. The van der Waals surface area contributed by atoms with Crippen molar-refractivity contribution in [1.82, 2.24) is 0 Å². The Morgan fingerprint density at radius 2 is 1.11 bits per heavy atom. The van der Waals surface area contributed by atoms with Gasteiger partial charge in [0.1, 0.15) is 6.29 Å². The Hall–Kier alpha value is -0.330. The van der Waals surface area contributed by atoms with E-state index in [0.29, 0.717) is 5.92 Å². The van der Waals surface area contributed by atoms with E-state index >= 15 is 0 Å². The Kier molecular flexibility index (Phi) is 14.5. The van der Waals surface area contributed by atoms with E-state index in [-0.39, 0.29) is 0 Å². The van der Waals surface area contributed by atoms with Crippen LogP contribution in [0, 0.1) is 5.92 Å². The molecule has 0 amide bonds. The molecule has 1 heteroatoms. The third kappa shape index (κ3) is 12.1. The second-order valence-corrected chi connectivity index (χ2v) is 5.66. The molecule has 0 bridgehead atoms. The van der Waals surface area contributed by atoms with Crippen LogP contribution in [0.25, 0.3) is 0 Å². The highest BCUT2D eigenvalue weighted by atomic mass is 16.1. The number of carbonyl (C=O) groups excluding carboxylic acids is 1. The van der Waals surface area contributed by atoms with Gasteiger partial charge in [-0.3, -0.25) is 0 Å². The van der Waals surface area contributed by atoms with Crippen molar-refractivity contribution in [2.75, 3.05) is 0 Å². The quantitative estimate of drug-likeness (QED) is 0.278. The van der Waals surface area contributed by atoms with Crippen LogP contribution in [0.2, 0.25) is 0 Å². The lowest BCUT2D eigenvalue weighted by molar-refractivity contribution is -0.111. The van der Waals surface area contributed by atoms with Crippen molar-refractivity contribution in [3.8, 4) is 0 Å². The largest absolute Gasteiger partial charge is 0.303 e. The summed E-state index contributed by atoms with van der Waals surface area (Å²) in [7, 11) is 0. The third-order valence-corrected chi connectivity index (χ3v) is 3.80. The van der Waals surface area contributed by atoms with E-state index in [1.165, 1.54) is 76.9 Å². The fourth-order valence-corrected chi connectivity index (χ4v) is 2.46. The fraction of sp³-hybridized carbons (Fsp3) is 0.941. The maximum Gasteiger partial charge on any atom is 0.123 e. The van der Waals surface area contributed by atoms with Gasteiger partial charge in [-0.05, 0) is 12.8 Å². The summed E-state index contributed by atoms with van der Waals surface area (Å²) >= 11 is 0. The molecule has 0 saturated carbocycles. The molecule has 0 spiro atoms. The molecular weight excluding hydrogens is 220 g/mol. The number of hydrogen-bond acceptors (Lipinski definition) is 1. The molecule has 1 atom stereocenters. The van der Waals surface area contributed by atoms with Crippen LogP contribution in [0.15, 0.2) is 0 Å². The van der Waals surface area contributed by atoms with Gasteiger partial charge in [0, 0.05) is 5.92 Å². The number of unbranched alkanes of at least 4 members (excludes halogenated alkanes) is 9. The second-order valence-electron chi connectivity index (χ2n) is 5.66. The summed E-state index contributed by atoms with van der Waals surface area (Å²) in [5.74, 6) is 0.342. The van der Waals surface area contributed by atoms with Gasteiger partial charge >= 0.3 is 0 Å². The number of carbonyl (C=O) groups is 1. The van der Waals surface area contributed by atoms with Gasteiger partial charge in [0.2, 0.25) is 0 Å². The SMILES string of the molecule is CCCCCCCCCCCC(C=O)CCCC. The second kappa shape index (κ2) is 14.7. The Balaban J connectivity index is 3.20. The standard InChI is InChI=1S/C17H34O/c1-3-5-7-8-9-10-11-12-13-15-17(16-18)14-6-4-2/h16-17H,3-15H2,1-2H3. The van der Waals surface area contributed by atoms with Crippen LogP contribution in [0.4, 0.5) is 0 Å². The van der Waals surface area contributed by atoms with E-state index < -0.39 is 0 Å². The summed E-state index contributed by atoms with van der Waals surface area (Å²) in [6, 6.07) is 0. The van der Waals surface area contributed by atoms with Crippen molar-refractivity contribution >= 4 is 6.29 Å². The highest BCUT2D eigenvalue weighted by Crippen LogP contribution is 2.16. The maximum absolute atomic E-state index is 10.9. The van der Waals surface area contributed by atoms with E-state index in [4.69, 9.17) is 0 Å². The highest BCUT2D eigenvalue weighted by molar-refractivity contribution is 5.53. The molecular formula is C17H34O. The molecule has 0 aliphatic rings. The van der Waals surface area contributed by atoms with Crippen molar-refractivity contribution in [1.29, 1.82) is 0 Å². The topological polar surface area (TPSA) is 17.1 Å². The Morgan fingerprint density at radius 1 is 0.667 bits per heavy atom. The predicted molar refractivity (Wildman–Crippen MR) is 80.9 cm³/mol. The van der Waals surface area contributed by atoms with Crippen molar-refractivity contribution in [2.45, 2.75) is 97.3 Å². The Labute approximate surface area is 115 Å².